The molecule has 138 valence electrons. The monoisotopic (exact) mass is 337 g/mol. The van der Waals surface area contributed by atoms with Crippen LogP contribution in [0.3, 0.4) is 0 Å². The van der Waals surface area contributed by atoms with Gasteiger partial charge in [-0.15, -0.1) is 0 Å². The van der Waals surface area contributed by atoms with E-state index in [4.69, 9.17) is 4.99 Å². The highest BCUT2D eigenvalue weighted by molar-refractivity contribution is 5.80. The first kappa shape index (κ1) is 19.0. The van der Waals surface area contributed by atoms with Crippen LogP contribution in [0.25, 0.3) is 0 Å². The molecule has 0 saturated carbocycles. The first-order chi connectivity index (χ1) is 11.5. The Morgan fingerprint density at radius 2 is 1.67 bits per heavy atom. The lowest BCUT2D eigenvalue weighted by molar-refractivity contribution is -0.130. The van der Waals surface area contributed by atoms with Gasteiger partial charge < -0.3 is 20.0 Å². The molecule has 0 bridgehead atoms. The summed E-state index contributed by atoms with van der Waals surface area (Å²) in [6.07, 6.45) is 1.35. The van der Waals surface area contributed by atoms with E-state index in [0.717, 1.165) is 63.6 Å². The number of likely N-dealkylation sites (tertiary alicyclic amines) is 1. The molecule has 6 heteroatoms. The number of aliphatic imine (C=N–C) groups is 1. The number of nitrogens with one attached hydrogen (secondary N) is 1. The fourth-order valence-electron chi connectivity index (χ4n) is 3.93. The van der Waals surface area contributed by atoms with Crippen molar-refractivity contribution in [2.24, 2.45) is 16.8 Å². The molecule has 0 radical (unpaired) electrons. The van der Waals surface area contributed by atoms with Crippen LogP contribution in [0.2, 0.25) is 0 Å². The molecule has 2 heterocycles. The average molecular weight is 338 g/mol. The van der Waals surface area contributed by atoms with Gasteiger partial charge in [0.2, 0.25) is 5.91 Å². The van der Waals surface area contributed by atoms with Crippen LogP contribution in [0.1, 0.15) is 34.1 Å². The first-order valence-corrected chi connectivity index (χ1v) is 9.50. The number of carbonyl (C=O) groups excluding carboxylic acids is 1. The lowest BCUT2D eigenvalue weighted by Gasteiger charge is -2.36. The SMILES string of the molecule is CCNC(=NCCN1CC(C)CC(C)C1)N1CCN(C(C)=O)CC1. The van der Waals surface area contributed by atoms with Crippen molar-refractivity contribution in [2.45, 2.75) is 34.1 Å². The van der Waals surface area contributed by atoms with Gasteiger partial charge in [0.1, 0.15) is 0 Å². The van der Waals surface area contributed by atoms with E-state index in [1.165, 1.54) is 19.5 Å². The van der Waals surface area contributed by atoms with Crippen LogP contribution in [-0.4, -0.2) is 85.5 Å². The molecular formula is C18H35N5O. The highest BCUT2D eigenvalue weighted by atomic mass is 16.2. The molecule has 2 aliphatic rings. The Kier molecular flexibility index (Phi) is 7.34. The number of piperidine rings is 1. The van der Waals surface area contributed by atoms with Gasteiger partial charge in [0.05, 0.1) is 6.54 Å². The Morgan fingerprint density at radius 1 is 1.08 bits per heavy atom. The van der Waals surface area contributed by atoms with Crippen molar-refractivity contribution in [2.75, 3.05) is 58.9 Å². The zero-order valence-electron chi connectivity index (χ0n) is 15.9. The molecule has 2 aliphatic heterocycles. The second-order valence-corrected chi connectivity index (χ2v) is 7.43. The van der Waals surface area contributed by atoms with Crippen LogP contribution in [0.15, 0.2) is 4.99 Å². The maximum absolute atomic E-state index is 11.5. The summed E-state index contributed by atoms with van der Waals surface area (Å²) in [6.45, 7) is 16.9. The second-order valence-electron chi connectivity index (χ2n) is 7.43. The van der Waals surface area contributed by atoms with Crippen molar-refractivity contribution >= 4 is 11.9 Å². The number of piperazine rings is 1. The van der Waals surface area contributed by atoms with Gasteiger partial charge in [-0.1, -0.05) is 13.8 Å². The van der Waals surface area contributed by atoms with Gasteiger partial charge >= 0.3 is 0 Å². The van der Waals surface area contributed by atoms with Crippen LogP contribution in [-0.2, 0) is 4.79 Å². The largest absolute Gasteiger partial charge is 0.357 e. The quantitative estimate of drug-likeness (QED) is 0.616. The van der Waals surface area contributed by atoms with Crippen LogP contribution < -0.4 is 5.32 Å². The Bertz CT molecular complexity index is 421. The van der Waals surface area contributed by atoms with Crippen molar-refractivity contribution in [1.82, 2.24) is 20.0 Å². The summed E-state index contributed by atoms with van der Waals surface area (Å²) in [6, 6.07) is 0. The topological polar surface area (TPSA) is 51.2 Å². The Hall–Kier alpha value is -1.30. The minimum Gasteiger partial charge on any atom is -0.357 e. The molecule has 0 aromatic heterocycles. The zero-order chi connectivity index (χ0) is 17.5. The molecule has 2 fully saturated rings. The summed E-state index contributed by atoms with van der Waals surface area (Å²) in [7, 11) is 0. The molecule has 0 aromatic rings. The summed E-state index contributed by atoms with van der Waals surface area (Å²) in [5.74, 6) is 2.76. The van der Waals surface area contributed by atoms with Gasteiger partial charge in [-0.25, -0.2) is 0 Å². The van der Waals surface area contributed by atoms with Crippen molar-refractivity contribution < 1.29 is 4.79 Å². The molecule has 2 unspecified atom stereocenters. The molecule has 2 rings (SSSR count). The highest BCUT2D eigenvalue weighted by Crippen LogP contribution is 2.20. The number of hydrogen-bond acceptors (Lipinski definition) is 3. The summed E-state index contributed by atoms with van der Waals surface area (Å²) < 4.78 is 0. The van der Waals surface area contributed by atoms with Gasteiger partial charge in [0.25, 0.3) is 0 Å². The van der Waals surface area contributed by atoms with Crippen LogP contribution >= 0.6 is 0 Å². The molecule has 1 amide bonds. The molecule has 2 saturated heterocycles. The van der Waals surface area contributed by atoms with E-state index in [1.807, 2.05) is 4.90 Å². The predicted molar refractivity (Wildman–Crippen MR) is 99.2 cm³/mol. The third-order valence-corrected chi connectivity index (χ3v) is 4.98. The van der Waals surface area contributed by atoms with Gasteiger partial charge in [0, 0.05) is 59.3 Å². The van der Waals surface area contributed by atoms with Crippen LogP contribution in [0.4, 0.5) is 0 Å². The van der Waals surface area contributed by atoms with Crippen molar-refractivity contribution in [3.8, 4) is 0 Å². The molecule has 0 spiro atoms. The maximum atomic E-state index is 11.5. The minimum absolute atomic E-state index is 0.171. The van der Waals surface area contributed by atoms with Gasteiger partial charge in [-0.05, 0) is 25.2 Å². The van der Waals surface area contributed by atoms with Crippen molar-refractivity contribution in [1.29, 1.82) is 0 Å². The van der Waals surface area contributed by atoms with E-state index in [9.17, 15) is 4.79 Å². The van der Waals surface area contributed by atoms with E-state index in [2.05, 4.69) is 35.9 Å². The lowest BCUT2D eigenvalue weighted by atomic mass is 9.92. The summed E-state index contributed by atoms with van der Waals surface area (Å²) in [5.41, 5.74) is 0. The molecule has 0 aromatic carbocycles. The number of nitrogens with zero attached hydrogens (tertiary/aromatic N) is 4. The van der Waals surface area contributed by atoms with E-state index >= 15 is 0 Å². The minimum atomic E-state index is 0.171. The zero-order valence-corrected chi connectivity index (χ0v) is 15.9. The van der Waals surface area contributed by atoms with Crippen molar-refractivity contribution in [3.05, 3.63) is 0 Å². The number of hydrogen-bond donors (Lipinski definition) is 1. The maximum Gasteiger partial charge on any atom is 0.219 e. The molecule has 6 nitrogen and oxygen atoms in total. The summed E-state index contributed by atoms with van der Waals surface area (Å²) in [5, 5.41) is 3.41. The molecule has 2 atom stereocenters. The first-order valence-electron chi connectivity index (χ1n) is 9.50. The van der Waals surface area contributed by atoms with Gasteiger partial charge in [0.15, 0.2) is 5.96 Å². The lowest BCUT2D eigenvalue weighted by Crippen LogP contribution is -2.53. The fourth-order valence-corrected chi connectivity index (χ4v) is 3.93. The molecule has 0 aliphatic carbocycles. The van der Waals surface area contributed by atoms with E-state index in [-0.39, 0.29) is 5.91 Å². The second kappa shape index (κ2) is 9.25. The third kappa shape index (κ3) is 5.65. The summed E-state index contributed by atoms with van der Waals surface area (Å²) in [4.78, 5) is 23.0. The van der Waals surface area contributed by atoms with Gasteiger partial charge in [-0.2, -0.15) is 0 Å². The normalized spacial score (nSPS) is 26.6. The van der Waals surface area contributed by atoms with E-state index in [1.54, 1.807) is 6.92 Å². The van der Waals surface area contributed by atoms with Gasteiger partial charge in [-0.3, -0.25) is 9.79 Å². The van der Waals surface area contributed by atoms with E-state index in [0.29, 0.717) is 0 Å². The Labute approximate surface area is 147 Å². The molecule has 24 heavy (non-hydrogen) atoms. The summed E-state index contributed by atoms with van der Waals surface area (Å²) >= 11 is 0. The predicted octanol–water partition coefficient (Wildman–Crippen LogP) is 1.09. The number of rotatable bonds is 4. The standard InChI is InChI=1S/C18H35N5O/c1-5-19-18(23-10-8-22(9-11-23)17(4)24)20-6-7-21-13-15(2)12-16(3)14-21/h15-16H,5-14H2,1-4H3,(H,19,20). The van der Waals surface area contributed by atoms with E-state index < -0.39 is 0 Å². The number of guanidine groups is 1. The Morgan fingerprint density at radius 3 is 2.21 bits per heavy atom. The number of carbonyl (C=O) groups is 1. The fraction of sp³-hybridized carbons (Fsp3) is 0.889. The smallest absolute Gasteiger partial charge is 0.219 e. The highest BCUT2D eigenvalue weighted by Gasteiger charge is 2.22. The molecule has 1 N–H and O–H groups in total. The van der Waals surface area contributed by atoms with Crippen LogP contribution in [0, 0.1) is 11.8 Å². The Balaban J connectivity index is 1.83. The average Bonchev–Trinajstić information content (AvgIpc) is 2.53. The van der Waals surface area contributed by atoms with Crippen molar-refractivity contribution in [3.63, 3.8) is 0 Å². The molecular weight excluding hydrogens is 302 g/mol. The number of amides is 1. The van der Waals surface area contributed by atoms with Crippen LogP contribution in [0.5, 0.6) is 0 Å². The third-order valence-electron chi connectivity index (χ3n) is 4.98.